The van der Waals surface area contributed by atoms with Crippen LogP contribution in [0.4, 0.5) is 0 Å². The molecule has 7 heteroatoms. The molecule has 1 saturated carbocycles. The van der Waals surface area contributed by atoms with Crippen molar-refractivity contribution in [2.75, 3.05) is 0 Å². The molecule has 1 unspecified atom stereocenters. The van der Waals surface area contributed by atoms with Crippen molar-refractivity contribution in [3.05, 3.63) is 41.7 Å². The van der Waals surface area contributed by atoms with Gasteiger partial charge in [0.25, 0.3) is 5.91 Å². The van der Waals surface area contributed by atoms with Crippen LogP contribution in [0, 0.1) is 6.92 Å². The number of carboxylic acids is 1. The van der Waals surface area contributed by atoms with Crippen LogP contribution in [0.15, 0.2) is 30.3 Å². The van der Waals surface area contributed by atoms with Crippen LogP contribution in [-0.4, -0.2) is 49.0 Å². The van der Waals surface area contributed by atoms with E-state index in [4.69, 9.17) is 0 Å². The quantitative estimate of drug-likeness (QED) is 0.906. The fourth-order valence-electron chi connectivity index (χ4n) is 2.59. The van der Waals surface area contributed by atoms with E-state index in [0.717, 1.165) is 18.5 Å². The molecule has 0 bridgehead atoms. The van der Waals surface area contributed by atoms with Crippen LogP contribution in [0.2, 0.25) is 0 Å². The van der Waals surface area contributed by atoms with Gasteiger partial charge in [-0.05, 0) is 38.8 Å². The molecule has 0 radical (unpaired) electrons. The van der Waals surface area contributed by atoms with E-state index in [1.807, 2.05) is 30.3 Å². The van der Waals surface area contributed by atoms with Crippen LogP contribution in [-0.2, 0) is 4.79 Å². The number of hydrogen-bond acceptors (Lipinski definition) is 4. The Morgan fingerprint density at radius 2 is 1.96 bits per heavy atom. The predicted octanol–water partition coefficient (Wildman–Crippen LogP) is 1.65. The Hall–Kier alpha value is -2.70. The summed E-state index contributed by atoms with van der Waals surface area (Å²) < 4.78 is 1.59. The number of amides is 1. The highest BCUT2D eigenvalue weighted by Crippen LogP contribution is 2.30. The van der Waals surface area contributed by atoms with Crippen molar-refractivity contribution in [2.24, 2.45) is 0 Å². The van der Waals surface area contributed by atoms with Crippen molar-refractivity contribution in [3.63, 3.8) is 0 Å². The van der Waals surface area contributed by atoms with Gasteiger partial charge in [0.05, 0.1) is 11.4 Å². The van der Waals surface area contributed by atoms with Gasteiger partial charge in [0.1, 0.15) is 6.04 Å². The van der Waals surface area contributed by atoms with Crippen molar-refractivity contribution in [3.8, 4) is 5.69 Å². The normalized spacial score (nSPS) is 15.2. The molecule has 1 N–H and O–H groups in total. The maximum atomic E-state index is 12.8. The fraction of sp³-hybridized carbons (Fsp3) is 0.375. The van der Waals surface area contributed by atoms with Gasteiger partial charge in [0.15, 0.2) is 5.69 Å². The summed E-state index contributed by atoms with van der Waals surface area (Å²) in [6.07, 6.45) is 1.66. The maximum absolute atomic E-state index is 12.8. The molecule has 1 fully saturated rings. The molecule has 1 aliphatic rings. The Bertz CT molecular complexity index is 737. The minimum absolute atomic E-state index is 0.0186. The minimum Gasteiger partial charge on any atom is -0.480 e. The Morgan fingerprint density at radius 3 is 2.52 bits per heavy atom. The van der Waals surface area contributed by atoms with E-state index in [0.29, 0.717) is 5.69 Å². The van der Waals surface area contributed by atoms with E-state index in [1.165, 1.54) is 11.8 Å². The van der Waals surface area contributed by atoms with Gasteiger partial charge in [-0.1, -0.05) is 23.4 Å². The topological polar surface area (TPSA) is 88.3 Å². The number of carbonyl (C=O) groups is 2. The molecule has 2 aromatic rings. The molecule has 1 heterocycles. The van der Waals surface area contributed by atoms with Crippen LogP contribution >= 0.6 is 0 Å². The lowest BCUT2D eigenvalue weighted by Crippen LogP contribution is -2.45. The van der Waals surface area contributed by atoms with Crippen molar-refractivity contribution >= 4 is 11.9 Å². The molecule has 1 amide bonds. The standard InChI is InChI=1S/C16H18N4O3/c1-10-14(17-18-20(10)13-6-4-3-5-7-13)15(21)19(12-8-9-12)11(2)16(22)23/h3-7,11-12H,8-9H2,1-2H3,(H,22,23). The molecule has 3 rings (SSSR count). The number of aromatic nitrogens is 3. The summed E-state index contributed by atoms with van der Waals surface area (Å²) in [5.41, 5.74) is 1.61. The molecule has 1 atom stereocenters. The first-order valence-corrected chi connectivity index (χ1v) is 7.54. The van der Waals surface area contributed by atoms with Crippen molar-refractivity contribution < 1.29 is 14.7 Å². The monoisotopic (exact) mass is 314 g/mol. The first-order chi connectivity index (χ1) is 11.0. The summed E-state index contributed by atoms with van der Waals surface area (Å²) in [7, 11) is 0. The van der Waals surface area contributed by atoms with Crippen molar-refractivity contribution in [1.29, 1.82) is 0 Å². The fourth-order valence-corrected chi connectivity index (χ4v) is 2.59. The Labute approximate surface area is 133 Å². The van der Waals surface area contributed by atoms with Crippen LogP contribution < -0.4 is 0 Å². The molecule has 0 spiro atoms. The van der Waals surface area contributed by atoms with Gasteiger partial charge >= 0.3 is 5.97 Å². The third-order valence-electron chi connectivity index (χ3n) is 4.05. The summed E-state index contributed by atoms with van der Waals surface area (Å²) in [5.74, 6) is -1.39. The van der Waals surface area contributed by atoms with E-state index in [9.17, 15) is 14.7 Å². The zero-order chi connectivity index (χ0) is 16.6. The molecule has 1 aromatic heterocycles. The third-order valence-corrected chi connectivity index (χ3v) is 4.05. The highest BCUT2D eigenvalue weighted by molar-refractivity contribution is 5.96. The molecule has 0 aliphatic heterocycles. The van der Waals surface area contributed by atoms with Crippen LogP contribution in [0.5, 0.6) is 0 Å². The van der Waals surface area contributed by atoms with E-state index in [-0.39, 0.29) is 17.6 Å². The molecule has 120 valence electrons. The van der Waals surface area contributed by atoms with Gasteiger partial charge in [0, 0.05) is 6.04 Å². The molecule has 1 aromatic carbocycles. The number of benzene rings is 1. The molecule has 23 heavy (non-hydrogen) atoms. The Morgan fingerprint density at radius 1 is 1.30 bits per heavy atom. The van der Waals surface area contributed by atoms with Crippen molar-refractivity contribution in [2.45, 2.75) is 38.8 Å². The molecule has 7 nitrogen and oxygen atoms in total. The molecule has 0 saturated heterocycles. The number of hydrogen-bond donors (Lipinski definition) is 1. The first-order valence-electron chi connectivity index (χ1n) is 7.54. The zero-order valence-corrected chi connectivity index (χ0v) is 13.0. The number of nitrogens with zero attached hydrogens (tertiary/aromatic N) is 4. The number of aliphatic carboxylic acids is 1. The zero-order valence-electron chi connectivity index (χ0n) is 13.0. The minimum atomic E-state index is -1.02. The average molecular weight is 314 g/mol. The summed E-state index contributed by atoms with van der Waals surface area (Å²) in [6.45, 7) is 3.28. The van der Waals surface area contributed by atoms with Gasteiger partial charge in [-0.15, -0.1) is 5.10 Å². The van der Waals surface area contributed by atoms with Crippen LogP contribution in [0.1, 0.15) is 35.9 Å². The second-order valence-corrected chi connectivity index (χ2v) is 5.73. The van der Waals surface area contributed by atoms with Crippen LogP contribution in [0.25, 0.3) is 5.69 Å². The first kappa shape index (κ1) is 15.2. The summed E-state index contributed by atoms with van der Waals surface area (Å²) >= 11 is 0. The van der Waals surface area contributed by atoms with E-state index >= 15 is 0 Å². The van der Waals surface area contributed by atoms with Gasteiger partial charge in [-0.25, -0.2) is 9.48 Å². The number of carbonyl (C=O) groups excluding carboxylic acids is 1. The van der Waals surface area contributed by atoms with Gasteiger partial charge < -0.3 is 10.0 Å². The smallest absolute Gasteiger partial charge is 0.326 e. The van der Waals surface area contributed by atoms with Gasteiger partial charge in [-0.3, -0.25) is 4.79 Å². The van der Waals surface area contributed by atoms with E-state index in [1.54, 1.807) is 11.6 Å². The maximum Gasteiger partial charge on any atom is 0.326 e. The highest BCUT2D eigenvalue weighted by atomic mass is 16.4. The number of para-hydroxylation sites is 1. The van der Waals surface area contributed by atoms with Crippen LogP contribution in [0.3, 0.4) is 0 Å². The third kappa shape index (κ3) is 2.81. The summed E-state index contributed by atoms with van der Waals surface area (Å²) in [4.78, 5) is 25.5. The highest BCUT2D eigenvalue weighted by Gasteiger charge is 2.40. The Balaban J connectivity index is 1.93. The number of rotatable bonds is 5. The Kier molecular flexibility index (Phi) is 3.85. The van der Waals surface area contributed by atoms with Gasteiger partial charge in [0.2, 0.25) is 0 Å². The molecule has 1 aliphatic carbocycles. The second-order valence-electron chi connectivity index (χ2n) is 5.73. The SMILES string of the molecule is Cc1c(C(=O)N(C2CC2)C(C)C(=O)O)nnn1-c1ccccc1. The lowest BCUT2D eigenvalue weighted by molar-refractivity contribution is -0.141. The predicted molar refractivity (Wildman–Crippen MR) is 82.4 cm³/mol. The van der Waals surface area contributed by atoms with E-state index in [2.05, 4.69) is 10.3 Å². The summed E-state index contributed by atoms with van der Waals surface area (Å²) in [5, 5.41) is 17.3. The second kappa shape index (κ2) is 5.83. The largest absolute Gasteiger partial charge is 0.480 e. The average Bonchev–Trinajstić information content (AvgIpc) is 3.29. The molecular weight excluding hydrogens is 296 g/mol. The lowest BCUT2D eigenvalue weighted by atomic mass is 10.2. The number of carboxylic acid groups (broad SMARTS) is 1. The van der Waals surface area contributed by atoms with Gasteiger partial charge in [-0.2, -0.15) is 0 Å². The van der Waals surface area contributed by atoms with Crippen molar-refractivity contribution in [1.82, 2.24) is 19.9 Å². The lowest BCUT2D eigenvalue weighted by Gasteiger charge is -2.25. The van der Waals surface area contributed by atoms with E-state index < -0.39 is 12.0 Å². The molecular formula is C16H18N4O3. The summed E-state index contributed by atoms with van der Waals surface area (Å²) in [6, 6.07) is 8.49.